The van der Waals surface area contributed by atoms with E-state index < -0.39 is 6.04 Å². The molecule has 0 saturated carbocycles. The molecule has 0 aliphatic rings. The third-order valence-corrected chi connectivity index (χ3v) is 4.99. The van der Waals surface area contributed by atoms with E-state index in [0.717, 1.165) is 16.7 Å². The van der Waals surface area contributed by atoms with Crippen molar-refractivity contribution in [3.63, 3.8) is 0 Å². The van der Waals surface area contributed by atoms with E-state index in [1.165, 1.54) is 0 Å². The predicted octanol–water partition coefficient (Wildman–Crippen LogP) is 3.75. The van der Waals surface area contributed by atoms with Crippen LogP contribution in [-0.2, 0) is 29.1 Å². The lowest BCUT2D eigenvalue weighted by molar-refractivity contribution is -0.141. The predicted molar refractivity (Wildman–Crippen MR) is 117 cm³/mol. The largest absolute Gasteiger partial charge is 0.350 e. The van der Waals surface area contributed by atoms with Crippen molar-refractivity contribution in [1.82, 2.24) is 15.2 Å². The van der Waals surface area contributed by atoms with Crippen LogP contribution in [0.2, 0.25) is 0 Å². The van der Waals surface area contributed by atoms with Gasteiger partial charge in [0.15, 0.2) is 0 Å². The van der Waals surface area contributed by atoms with Gasteiger partial charge in [-0.05, 0) is 28.8 Å². The molecule has 3 rings (SSSR count). The highest BCUT2D eigenvalue weighted by molar-refractivity contribution is 5.87. The van der Waals surface area contributed by atoms with Crippen molar-refractivity contribution in [2.45, 2.75) is 38.9 Å². The van der Waals surface area contributed by atoms with Gasteiger partial charge in [0, 0.05) is 38.3 Å². The summed E-state index contributed by atoms with van der Waals surface area (Å²) in [4.78, 5) is 31.8. The van der Waals surface area contributed by atoms with Crippen LogP contribution >= 0.6 is 0 Å². The third-order valence-electron chi connectivity index (χ3n) is 4.99. The molecule has 0 aliphatic heterocycles. The molecule has 0 fully saturated rings. The van der Waals surface area contributed by atoms with Gasteiger partial charge >= 0.3 is 0 Å². The number of hydrogen-bond donors (Lipinski definition) is 1. The van der Waals surface area contributed by atoms with Crippen LogP contribution in [0.5, 0.6) is 0 Å². The average molecular weight is 402 g/mol. The number of amides is 2. The number of pyridine rings is 1. The van der Waals surface area contributed by atoms with Crippen LogP contribution in [-0.4, -0.2) is 27.7 Å². The van der Waals surface area contributed by atoms with Gasteiger partial charge in [0.1, 0.15) is 6.04 Å². The molecule has 0 aliphatic carbocycles. The minimum Gasteiger partial charge on any atom is -0.350 e. The Morgan fingerprint density at radius 1 is 0.867 bits per heavy atom. The first-order chi connectivity index (χ1) is 14.7. The zero-order valence-corrected chi connectivity index (χ0v) is 17.2. The molecule has 2 aromatic carbocycles. The summed E-state index contributed by atoms with van der Waals surface area (Å²) in [5.41, 5.74) is 2.98. The van der Waals surface area contributed by atoms with Crippen molar-refractivity contribution < 1.29 is 9.59 Å². The molecule has 3 aromatic rings. The molecule has 0 radical (unpaired) electrons. The fourth-order valence-corrected chi connectivity index (χ4v) is 3.34. The van der Waals surface area contributed by atoms with E-state index >= 15 is 0 Å². The molecule has 30 heavy (non-hydrogen) atoms. The van der Waals surface area contributed by atoms with Crippen LogP contribution in [0.1, 0.15) is 30.0 Å². The highest BCUT2D eigenvalue weighted by Gasteiger charge is 2.29. The van der Waals surface area contributed by atoms with Crippen LogP contribution in [0, 0.1) is 0 Å². The molecule has 0 bridgehead atoms. The SMILES string of the molecule is CCC(=O)N(Cc1ccccc1)[C@H](Cc1ccccc1)C(=O)NCc1ccncc1. The summed E-state index contributed by atoms with van der Waals surface area (Å²) in [6.45, 7) is 2.62. The smallest absolute Gasteiger partial charge is 0.243 e. The van der Waals surface area contributed by atoms with Crippen LogP contribution < -0.4 is 5.32 Å². The molecule has 0 unspecified atom stereocenters. The molecule has 154 valence electrons. The van der Waals surface area contributed by atoms with Gasteiger partial charge in [-0.25, -0.2) is 0 Å². The van der Waals surface area contributed by atoms with Gasteiger partial charge in [-0.2, -0.15) is 0 Å². The van der Waals surface area contributed by atoms with Crippen LogP contribution in [0.15, 0.2) is 85.2 Å². The highest BCUT2D eigenvalue weighted by Crippen LogP contribution is 2.16. The number of carbonyl (C=O) groups excluding carboxylic acids is 2. The molecule has 1 heterocycles. The lowest BCUT2D eigenvalue weighted by Crippen LogP contribution is -2.50. The Balaban J connectivity index is 1.84. The first kappa shape index (κ1) is 21.2. The third kappa shape index (κ3) is 6.01. The van der Waals surface area contributed by atoms with Crippen molar-refractivity contribution in [2.75, 3.05) is 0 Å². The zero-order chi connectivity index (χ0) is 21.2. The van der Waals surface area contributed by atoms with E-state index in [9.17, 15) is 9.59 Å². The molecule has 5 nitrogen and oxygen atoms in total. The molecule has 1 N–H and O–H groups in total. The molecular weight excluding hydrogens is 374 g/mol. The van der Waals surface area contributed by atoms with Gasteiger partial charge in [0.25, 0.3) is 0 Å². The normalized spacial score (nSPS) is 11.5. The Morgan fingerprint density at radius 2 is 1.47 bits per heavy atom. The van der Waals surface area contributed by atoms with Crippen LogP contribution in [0.3, 0.4) is 0 Å². The number of rotatable bonds is 9. The number of nitrogens with one attached hydrogen (secondary N) is 1. The van der Waals surface area contributed by atoms with E-state index in [4.69, 9.17) is 0 Å². The van der Waals surface area contributed by atoms with Gasteiger partial charge in [0.05, 0.1) is 0 Å². The number of benzene rings is 2. The lowest BCUT2D eigenvalue weighted by Gasteiger charge is -2.31. The lowest BCUT2D eigenvalue weighted by atomic mass is 10.0. The second-order valence-corrected chi connectivity index (χ2v) is 7.14. The Hall–Kier alpha value is -3.47. The molecule has 2 amide bonds. The molecule has 1 aromatic heterocycles. The summed E-state index contributed by atoms with van der Waals surface area (Å²) in [5.74, 6) is -0.202. The van der Waals surface area contributed by atoms with Gasteiger partial charge in [-0.15, -0.1) is 0 Å². The topological polar surface area (TPSA) is 62.3 Å². The monoisotopic (exact) mass is 401 g/mol. The minimum atomic E-state index is -0.595. The maximum Gasteiger partial charge on any atom is 0.243 e. The summed E-state index contributed by atoms with van der Waals surface area (Å²) in [5, 5.41) is 3.00. The van der Waals surface area contributed by atoms with E-state index in [0.29, 0.717) is 25.9 Å². The van der Waals surface area contributed by atoms with Crippen molar-refractivity contribution in [2.24, 2.45) is 0 Å². The molecule has 0 saturated heterocycles. The summed E-state index contributed by atoms with van der Waals surface area (Å²) in [6, 6.07) is 22.7. The van der Waals surface area contributed by atoms with E-state index in [-0.39, 0.29) is 11.8 Å². The summed E-state index contributed by atoms with van der Waals surface area (Å²) < 4.78 is 0. The molecule has 1 atom stereocenters. The maximum atomic E-state index is 13.3. The van der Waals surface area contributed by atoms with Crippen LogP contribution in [0.4, 0.5) is 0 Å². The van der Waals surface area contributed by atoms with Crippen molar-refractivity contribution in [1.29, 1.82) is 0 Å². The second-order valence-electron chi connectivity index (χ2n) is 7.14. The van der Waals surface area contributed by atoms with Crippen molar-refractivity contribution >= 4 is 11.8 Å². The van der Waals surface area contributed by atoms with Crippen molar-refractivity contribution in [3.8, 4) is 0 Å². The van der Waals surface area contributed by atoms with E-state index in [2.05, 4.69) is 10.3 Å². The number of nitrogens with zero attached hydrogens (tertiary/aromatic N) is 2. The summed E-state index contributed by atoms with van der Waals surface area (Å²) >= 11 is 0. The van der Waals surface area contributed by atoms with Gasteiger partial charge in [-0.1, -0.05) is 67.6 Å². The van der Waals surface area contributed by atoms with E-state index in [1.54, 1.807) is 17.3 Å². The summed E-state index contributed by atoms with van der Waals surface area (Å²) in [6.07, 6.45) is 4.20. The Labute approximate surface area is 177 Å². The zero-order valence-electron chi connectivity index (χ0n) is 17.2. The van der Waals surface area contributed by atoms with Gasteiger partial charge < -0.3 is 10.2 Å². The highest BCUT2D eigenvalue weighted by atomic mass is 16.2. The Bertz CT molecular complexity index is 930. The van der Waals surface area contributed by atoms with E-state index in [1.807, 2.05) is 79.7 Å². The second kappa shape index (κ2) is 10.9. The standard InChI is InChI=1S/C25H27N3O2/c1-2-24(29)28(19-22-11-7-4-8-12-22)23(17-20-9-5-3-6-10-20)25(30)27-18-21-13-15-26-16-14-21/h3-16,23H,2,17-19H2,1H3,(H,27,30)/t23-/m1/s1. The summed E-state index contributed by atoms with van der Waals surface area (Å²) in [7, 11) is 0. The Morgan fingerprint density at radius 3 is 2.07 bits per heavy atom. The van der Waals surface area contributed by atoms with Crippen molar-refractivity contribution in [3.05, 3.63) is 102 Å². The molecular formula is C25H27N3O2. The molecule has 0 spiro atoms. The Kier molecular flexibility index (Phi) is 7.72. The van der Waals surface area contributed by atoms with Crippen LogP contribution in [0.25, 0.3) is 0 Å². The first-order valence-electron chi connectivity index (χ1n) is 10.2. The quantitative estimate of drug-likeness (QED) is 0.594. The average Bonchev–Trinajstić information content (AvgIpc) is 2.81. The van der Waals surface area contributed by atoms with Gasteiger partial charge in [0.2, 0.25) is 11.8 Å². The fraction of sp³-hybridized carbons (Fsp3) is 0.240. The fourth-order valence-electron chi connectivity index (χ4n) is 3.34. The first-order valence-corrected chi connectivity index (χ1v) is 10.2. The number of hydrogen-bond acceptors (Lipinski definition) is 3. The number of aromatic nitrogens is 1. The minimum absolute atomic E-state index is 0.0427. The maximum absolute atomic E-state index is 13.3. The molecule has 5 heteroatoms. The van der Waals surface area contributed by atoms with Gasteiger partial charge in [-0.3, -0.25) is 14.6 Å². The number of carbonyl (C=O) groups is 2.